The van der Waals surface area contributed by atoms with Crippen LogP contribution in [0.25, 0.3) is 17.1 Å². The molecule has 2 aliphatic rings. The number of hydrogen-bond acceptors (Lipinski definition) is 9. The average Bonchev–Trinajstić information content (AvgIpc) is 3.75. The van der Waals surface area contributed by atoms with Crippen LogP contribution in [0.1, 0.15) is 46.4 Å². The van der Waals surface area contributed by atoms with E-state index in [0.717, 1.165) is 42.9 Å². The summed E-state index contributed by atoms with van der Waals surface area (Å²) in [6, 6.07) is 8.39. The summed E-state index contributed by atoms with van der Waals surface area (Å²) in [7, 11) is 3.85. The number of anilines is 2. The molecule has 0 bridgehead atoms. The molecular formula is C35H40ClF3N10O5. The smallest absolute Gasteiger partial charge is 0.475 e. The van der Waals surface area contributed by atoms with Crippen molar-refractivity contribution in [2.75, 3.05) is 57.4 Å². The molecule has 19 heteroatoms. The second-order valence-corrected chi connectivity index (χ2v) is 13.3. The van der Waals surface area contributed by atoms with E-state index in [0.29, 0.717) is 55.4 Å². The molecule has 0 aliphatic carbocycles. The Morgan fingerprint density at radius 1 is 0.963 bits per heavy atom. The van der Waals surface area contributed by atoms with Gasteiger partial charge in [0.05, 0.1) is 40.1 Å². The van der Waals surface area contributed by atoms with E-state index in [-0.39, 0.29) is 28.6 Å². The van der Waals surface area contributed by atoms with Gasteiger partial charge >= 0.3 is 12.1 Å². The van der Waals surface area contributed by atoms with E-state index in [1.807, 2.05) is 18.0 Å². The molecule has 288 valence electrons. The standard InChI is InChI=1S/C33H39ClN10O3.C2HF3O2/c1-4-27-25(20-44(39-27)29-8-5-22(35)18-36-29)28-19-37-30(41(28)3)31(45)38-23-6-7-24(26(34)17-23)33(47)43-15-13-42(14-16-43)32(46)21-9-11-40(2)12-10-21;3-2(4,5)1(6)7/h5-8,17-21H,4,9-16,35H2,1-3H3,(H,38,45);(H,6,7). The van der Waals surface area contributed by atoms with Gasteiger partial charge in [0.1, 0.15) is 0 Å². The van der Waals surface area contributed by atoms with Gasteiger partial charge in [-0.3, -0.25) is 14.4 Å². The van der Waals surface area contributed by atoms with Gasteiger partial charge in [-0.25, -0.2) is 19.4 Å². The first-order valence-electron chi connectivity index (χ1n) is 17.1. The van der Waals surface area contributed by atoms with Crippen LogP contribution in [0.5, 0.6) is 0 Å². The SMILES string of the molecule is CCc1nn(-c2ccc(N)cn2)cc1-c1cnc(C(=O)Nc2ccc(C(=O)N3CCN(C(=O)C4CCN(C)CC4)CC3)c(Cl)c2)n1C.O=C(O)C(F)(F)F. The van der Waals surface area contributed by atoms with E-state index in [1.165, 1.54) is 0 Å². The number of benzene rings is 1. The predicted octanol–water partition coefficient (Wildman–Crippen LogP) is 3.98. The lowest BCUT2D eigenvalue weighted by Gasteiger charge is -2.38. The van der Waals surface area contributed by atoms with E-state index in [2.05, 4.69) is 32.3 Å². The van der Waals surface area contributed by atoms with Crippen LogP contribution >= 0.6 is 11.6 Å². The van der Waals surface area contributed by atoms with E-state index in [1.54, 1.807) is 63.9 Å². The summed E-state index contributed by atoms with van der Waals surface area (Å²) in [5.74, 6) is -2.30. The molecule has 2 fully saturated rings. The lowest BCUT2D eigenvalue weighted by molar-refractivity contribution is -0.192. The molecule has 0 atom stereocenters. The summed E-state index contributed by atoms with van der Waals surface area (Å²) >= 11 is 6.57. The second-order valence-electron chi connectivity index (χ2n) is 12.9. The fourth-order valence-corrected chi connectivity index (χ4v) is 6.43. The van der Waals surface area contributed by atoms with Gasteiger partial charge in [0.25, 0.3) is 11.8 Å². The number of hydrogen-bond donors (Lipinski definition) is 3. The third-order valence-corrected chi connectivity index (χ3v) is 9.56. The molecule has 0 spiro atoms. The molecule has 6 rings (SSSR count). The summed E-state index contributed by atoms with van der Waals surface area (Å²) in [5, 5.41) is 14.9. The number of nitrogens with zero attached hydrogens (tertiary/aromatic N) is 8. The third-order valence-electron chi connectivity index (χ3n) is 9.24. The average molecular weight is 773 g/mol. The molecule has 4 aromatic rings. The number of nitrogens with two attached hydrogens (primary N) is 1. The van der Waals surface area contributed by atoms with Crippen molar-refractivity contribution in [2.24, 2.45) is 13.0 Å². The third kappa shape index (κ3) is 9.17. The Kier molecular flexibility index (Phi) is 12.3. The summed E-state index contributed by atoms with van der Waals surface area (Å²) in [4.78, 5) is 63.2. The number of carbonyl (C=O) groups is 4. The molecular weight excluding hydrogens is 733 g/mol. The first-order chi connectivity index (χ1) is 25.6. The molecule has 5 heterocycles. The molecule has 15 nitrogen and oxygen atoms in total. The Morgan fingerprint density at radius 2 is 1.61 bits per heavy atom. The largest absolute Gasteiger partial charge is 0.490 e. The number of aliphatic carboxylic acids is 1. The lowest BCUT2D eigenvalue weighted by Crippen LogP contribution is -2.52. The van der Waals surface area contributed by atoms with Crippen molar-refractivity contribution in [3.8, 4) is 17.1 Å². The highest BCUT2D eigenvalue weighted by Crippen LogP contribution is 2.28. The minimum Gasteiger partial charge on any atom is -0.475 e. The zero-order valence-electron chi connectivity index (χ0n) is 29.8. The van der Waals surface area contributed by atoms with Crippen molar-refractivity contribution in [1.82, 2.24) is 39.0 Å². The van der Waals surface area contributed by atoms with Crippen LogP contribution in [0.2, 0.25) is 5.02 Å². The number of carboxylic acid groups (broad SMARTS) is 1. The van der Waals surface area contributed by atoms with Crippen LogP contribution in [0.15, 0.2) is 48.9 Å². The van der Waals surface area contributed by atoms with E-state index in [9.17, 15) is 27.6 Å². The minimum absolute atomic E-state index is 0.0636. The van der Waals surface area contributed by atoms with Gasteiger partial charge in [-0.15, -0.1) is 0 Å². The number of aryl methyl sites for hydroxylation is 1. The minimum atomic E-state index is -5.08. The first-order valence-corrected chi connectivity index (χ1v) is 17.4. The van der Waals surface area contributed by atoms with E-state index < -0.39 is 18.1 Å². The van der Waals surface area contributed by atoms with Gasteiger partial charge in [0.2, 0.25) is 5.91 Å². The van der Waals surface area contributed by atoms with Gasteiger partial charge in [-0.2, -0.15) is 18.3 Å². The molecule has 1 aromatic carbocycles. The monoisotopic (exact) mass is 772 g/mol. The number of piperidine rings is 1. The normalized spacial score (nSPS) is 15.4. The number of halogens is 4. The van der Waals surface area contributed by atoms with Crippen LogP contribution in [0, 0.1) is 5.92 Å². The quantitative estimate of drug-likeness (QED) is 0.248. The zero-order valence-corrected chi connectivity index (χ0v) is 30.6. The molecule has 3 aromatic heterocycles. The number of rotatable bonds is 7. The van der Waals surface area contributed by atoms with Crippen molar-refractivity contribution in [2.45, 2.75) is 32.4 Å². The maximum atomic E-state index is 13.3. The predicted molar refractivity (Wildman–Crippen MR) is 193 cm³/mol. The van der Waals surface area contributed by atoms with Crippen molar-refractivity contribution >= 4 is 46.7 Å². The summed E-state index contributed by atoms with van der Waals surface area (Å²) < 4.78 is 35.1. The van der Waals surface area contributed by atoms with Gasteiger partial charge in [0, 0.05) is 56.6 Å². The van der Waals surface area contributed by atoms with Crippen molar-refractivity contribution in [3.63, 3.8) is 0 Å². The highest BCUT2D eigenvalue weighted by atomic mass is 35.5. The fourth-order valence-electron chi connectivity index (χ4n) is 6.17. The number of carbonyl (C=O) groups excluding carboxylic acids is 3. The lowest BCUT2D eigenvalue weighted by atomic mass is 9.95. The summed E-state index contributed by atoms with van der Waals surface area (Å²) in [6.07, 6.45) is 2.41. The number of imidazole rings is 1. The van der Waals surface area contributed by atoms with Gasteiger partial charge in [-0.1, -0.05) is 18.5 Å². The number of nitrogens with one attached hydrogen (secondary N) is 1. The van der Waals surface area contributed by atoms with Crippen LogP contribution in [0.3, 0.4) is 0 Å². The van der Waals surface area contributed by atoms with E-state index in [4.69, 9.17) is 27.2 Å². The number of likely N-dealkylation sites (tertiary alicyclic amines) is 1. The molecule has 3 amide bonds. The van der Waals surface area contributed by atoms with Gasteiger partial charge in [0.15, 0.2) is 11.6 Å². The molecule has 2 aliphatic heterocycles. The number of amides is 3. The fraction of sp³-hybridized carbons (Fsp3) is 0.400. The Hall–Kier alpha value is -5.49. The van der Waals surface area contributed by atoms with Crippen molar-refractivity contribution in [1.29, 1.82) is 0 Å². The number of aromatic nitrogens is 5. The maximum Gasteiger partial charge on any atom is 0.490 e. The second kappa shape index (κ2) is 16.7. The molecule has 0 radical (unpaired) electrons. The van der Waals surface area contributed by atoms with Crippen LogP contribution in [0.4, 0.5) is 24.5 Å². The van der Waals surface area contributed by atoms with E-state index >= 15 is 0 Å². The Balaban J connectivity index is 0.000000730. The maximum absolute atomic E-state index is 13.3. The molecule has 2 saturated heterocycles. The highest BCUT2D eigenvalue weighted by molar-refractivity contribution is 6.34. The van der Waals surface area contributed by atoms with Crippen LogP contribution in [-0.2, 0) is 23.1 Å². The number of carboxylic acids is 1. The van der Waals surface area contributed by atoms with Crippen molar-refractivity contribution in [3.05, 3.63) is 71.0 Å². The summed E-state index contributed by atoms with van der Waals surface area (Å²) in [6.45, 7) is 5.78. The van der Waals surface area contributed by atoms with Gasteiger partial charge < -0.3 is 35.4 Å². The van der Waals surface area contributed by atoms with Gasteiger partial charge in [-0.05, 0) is 69.7 Å². The van der Waals surface area contributed by atoms with Crippen LogP contribution in [-0.4, -0.2) is 120 Å². The topological polar surface area (TPSA) is 185 Å². The molecule has 54 heavy (non-hydrogen) atoms. The number of alkyl halides is 3. The Bertz CT molecular complexity index is 2000. The Labute approximate surface area is 313 Å². The molecule has 4 N–H and O–H groups in total. The van der Waals surface area contributed by atoms with Crippen LogP contribution < -0.4 is 11.1 Å². The first kappa shape index (κ1) is 39.7. The number of piperazine rings is 1. The van der Waals surface area contributed by atoms with Crippen molar-refractivity contribution < 1.29 is 37.5 Å². The zero-order chi connectivity index (χ0) is 39.3. The number of nitrogen functional groups attached to an aromatic ring is 1. The Morgan fingerprint density at radius 3 is 2.19 bits per heavy atom. The molecule has 0 saturated carbocycles. The molecule has 0 unspecified atom stereocenters. The number of pyridine rings is 1. The highest BCUT2D eigenvalue weighted by Gasteiger charge is 2.38. The summed E-state index contributed by atoms with van der Waals surface area (Å²) in [5.41, 5.74) is 9.51.